The molecule has 0 fully saturated rings. The number of imidazole rings is 1. The van der Waals surface area contributed by atoms with Crippen molar-refractivity contribution in [1.29, 1.82) is 0 Å². The molecule has 0 atom stereocenters. The van der Waals surface area contributed by atoms with Gasteiger partial charge in [-0.15, -0.1) is 29.8 Å². The molecule has 0 N–H and O–H groups in total. The molecule has 1 heterocycles. The molecule has 1 radical (unpaired) electrons. The van der Waals surface area contributed by atoms with E-state index in [1.54, 1.807) is 0 Å². The van der Waals surface area contributed by atoms with Gasteiger partial charge in [-0.2, -0.15) is 0 Å². The van der Waals surface area contributed by atoms with Crippen LogP contribution >= 0.6 is 0 Å². The monoisotopic (exact) mass is 676 g/mol. The molecule has 0 spiro atoms. The first-order valence-corrected chi connectivity index (χ1v) is 13.3. The fraction of sp³-hybridized carbons (Fsp3) is 0.229. The Hall–Kier alpha value is -3.26. The molecular weight excluding hydrogens is 641 g/mol. The van der Waals surface area contributed by atoms with Crippen LogP contribution in [-0.2, 0) is 32.9 Å². The first-order chi connectivity index (χ1) is 18.0. The molecule has 0 saturated heterocycles. The molecule has 3 heteroatoms. The average molecular weight is 676 g/mol. The second-order valence-electron chi connectivity index (χ2n) is 10.7. The molecule has 0 unspecified atom stereocenters. The average Bonchev–Trinajstić information content (AvgIpc) is 3.38. The number of rotatable bonds is 8. The van der Waals surface area contributed by atoms with Crippen LogP contribution in [0.1, 0.15) is 38.8 Å². The number of aromatic nitrogens is 2. The van der Waals surface area contributed by atoms with Crippen molar-refractivity contribution in [3.05, 3.63) is 121 Å². The molecule has 38 heavy (non-hydrogen) atoms. The van der Waals surface area contributed by atoms with Crippen LogP contribution in [0.5, 0.6) is 0 Å². The topological polar surface area (TPSA) is 17.8 Å². The smallest absolute Gasteiger partial charge is 0.0602 e. The van der Waals surface area contributed by atoms with Gasteiger partial charge in [0.1, 0.15) is 0 Å². The third-order valence-electron chi connectivity index (χ3n) is 6.67. The van der Waals surface area contributed by atoms with Crippen molar-refractivity contribution >= 4 is 0 Å². The van der Waals surface area contributed by atoms with E-state index in [1.807, 2.05) is 12.3 Å². The van der Waals surface area contributed by atoms with Crippen LogP contribution in [0.3, 0.4) is 0 Å². The van der Waals surface area contributed by atoms with Crippen LogP contribution in [0, 0.1) is 17.9 Å². The first kappa shape index (κ1) is 27.8. The van der Waals surface area contributed by atoms with Gasteiger partial charge in [-0.25, -0.2) is 0 Å². The first-order valence-electron chi connectivity index (χ1n) is 13.3. The maximum absolute atomic E-state index is 4.82. The Bertz CT molecular complexity index is 1420. The Morgan fingerprint density at radius 2 is 1.24 bits per heavy atom. The van der Waals surface area contributed by atoms with Crippen molar-refractivity contribution in [3.8, 4) is 39.3 Å². The van der Waals surface area contributed by atoms with E-state index in [9.17, 15) is 0 Å². The Morgan fingerprint density at radius 3 is 1.74 bits per heavy atom. The molecule has 0 amide bonds. The van der Waals surface area contributed by atoms with Gasteiger partial charge in [-0.05, 0) is 59.1 Å². The minimum absolute atomic E-state index is 0. The van der Waals surface area contributed by atoms with Gasteiger partial charge in [-0.3, -0.25) is 4.98 Å². The molecular formula is C35H35IrN2-. The van der Waals surface area contributed by atoms with Crippen LogP contribution in [-0.4, -0.2) is 9.55 Å². The SMILES string of the molecule is CC(C)Cc1cc(-c2ccccc2)cc(CC(C)C)c1-n1ccnc1-c1[c-]cc(-c2ccccc2)cc1.[Ir]. The van der Waals surface area contributed by atoms with Crippen molar-refractivity contribution in [2.24, 2.45) is 11.8 Å². The van der Waals surface area contributed by atoms with Gasteiger partial charge in [0.05, 0.1) is 5.82 Å². The number of hydrogen-bond acceptors (Lipinski definition) is 1. The normalized spacial score (nSPS) is 11.1. The summed E-state index contributed by atoms with van der Waals surface area (Å²) in [5.41, 5.74) is 9.92. The summed E-state index contributed by atoms with van der Waals surface area (Å²) >= 11 is 0. The van der Waals surface area contributed by atoms with Gasteiger partial charge < -0.3 is 4.57 Å². The Labute approximate surface area is 241 Å². The van der Waals surface area contributed by atoms with Gasteiger partial charge in [-0.1, -0.05) is 99.5 Å². The molecule has 195 valence electrons. The summed E-state index contributed by atoms with van der Waals surface area (Å²) in [6.45, 7) is 9.19. The van der Waals surface area contributed by atoms with Crippen molar-refractivity contribution in [3.63, 3.8) is 0 Å². The zero-order valence-corrected chi connectivity index (χ0v) is 25.0. The maximum Gasteiger partial charge on any atom is 0.0602 e. The summed E-state index contributed by atoms with van der Waals surface area (Å²) in [7, 11) is 0. The van der Waals surface area contributed by atoms with E-state index in [0.29, 0.717) is 11.8 Å². The number of benzene rings is 4. The fourth-order valence-corrected chi connectivity index (χ4v) is 5.11. The summed E-state index contributed by atoms with van der Waals surface area (Å²) in [5.74, 6) is 2.02. The van der Waals surface area contributed by atoms with Crippen molar-refractivity contribution in [2.45, 2.75) is 40.5 Å². The van der Waals surface area contributed by atoms with Gasteiger partial charge in [0, 0.05) is 38.2 Å². The van der Waals surface area contributed by atoms with Gasteiger partial charge in [0.25, 0.3) is 0 Å². The van der Waals surface area contributed by atoms with Crippen LogP contribution < -0.4 is 0 Å². The van der Waals surface area contributed by atoms with E-state index in [2.05, 4.69) is 129 Å². The van der Waals surface area contributed by atoms with Gasteiger partial charge >= 0.3 is 0 Å². The summed E-state index contributed by atoms with van der Waals surface area (Å²) in [4.78, 5) is 4.82. The van der Waals surface area contributed by atoms with Gasteiger partial charge in [0.15, 0.2) is 0 Å². The van der Waals surface area contributed by atoms with E-state index in [1.165, 1.54) is 33.5 Å². The summed E-state index contributed by atoms with van der Waals surface area (Å²) in [6.07, 6.45) is 6.04. The molecule has 0 bridgehead atoms. The van der Waals surface area contributed by atoms with Crippen LogP contribution in [0.25, 0.3) is 39.3 Å². The summed E-state index contributed by atoms with van der Waals surface area (Å²) in [5, 5.41) is 0. The number of nitrogens with zero attached hydrogens (tertiary/aromatic N) is 2. The minimum atomic E-state index is 0. The Kier molecular flexibility index (Phi) is 9.15. The van der Waals surface area contributed by atoms with E-state index < -0.39 is 0 Å². The maximum atomic E-state index is 4.82. The molecule has 4 aromatic carbocycles. The van der Waals surface area contributed by atoms with Crippen LogP contribution in [0.4, 0.5) is 0 Å². The Morgan fingerprint density at radius 1 is 0.684 bits per heavy atom. The summed E-state index contributed by atoms with van der Waals surface area (Å²) < 4.78 is 2.29. The quantitative estimate of drug-likeness (QED) is 0.150. The minimum Gasteiger partial charge on any atom is -0.340 e. The zero-order valence-electron chi connectivity index (χ0n) is 22.6. The summed E-state index contributed by atoms with van der Waals surface area (Å²) in [6, 6.07) is 35.9. The molecule has 5 aromatic rings. The predicted octanol–water partition coefficient (Wildman–Crippen LogP) is 9.07. The van der Waals surface area contributed by atoms with Crippen molar-refractivity contribution in [2.75, 3.05) is 0 Å². The second-order valence-corrected chi connectivity index (χ2v) is 10.7. The van der Waals surface area contributed by atoms with E-state index in [-0.39, 0.29) is 20.1 Å². The van der Waals surface area contributed by atoms with Gasteiger partial charge in [0.2, 0.25) is 0 Å². The largest absolute Gasteiger partial charge is 0.340 e. The van der Waals surface area contributed by atoms with Crippen molar-refractivity contribution < 1.29 is 20.1 Å². The predicted molar refractivity (Wildman–Crippen MR) is 156 cm³/mol. The molecule has 1 aromatic heterocycles. The Balaban J connectivity index is 0.00000336. The van der Waals surface area contributed by atoms with Crippen LogP contribution in [0.2, 0.25) is 0 Å². The van der Waals surface area contributed by atoms with E-state index in [4.69, 9.17) is 4.98 Å². The third kappa shape index (κ3) is 6.23. The van der Waals surface area contributed by atoms with Crippen molar-refractivity contribution in [1.82, 2.24) is 9.55 Å². The second kappa shape index (κ2) is 12.5. The molecule has 0 saturated carbocycles. The molecule has 5 rings (SSSR count). The fourth-order valence-electron chi connectivity index (χ4n) is 5.11. The standard InChI is InChI=1S/C35H35N2.Ir/c1-25(2)21-32-23-31(28-13-9-6-10-14-28)24-33(22-26(3)4)34(32)37-20-19-36-35(37)30-17-15-29(16-18-30)27-11-7-5-8-12-27;/h5-17,19-20,23-26H,21-22H2,1-4H3;/q-1;. The van der Waals surface area contributed by atoms with Crippen LogP contribution in [0.15, 0.2) is 103 Å². The third-order valence-corrected chi connectivity index (χ3v) is 6.67. The molecule has 0 aliphatic rings. The molecule has 2 nitrogen and oxygen atoms in total. The van der Waals surface area contributed by atoms with E-state index >= 15 is 0 Å². The number of hydrogen-bond donors (Lipinski definition) is 0. The van der Waals surface area contributed by atoms with E-state index in [0.717, 1.165) is 29.8 Å². The molecule has 0 aliphatic carbocycles. The molecule has 0 aliphatic heterocycles. The zero-order chi connectivity index (χ0) is 25.8.